The number of fused-ring (bicyclic) bond motifs is 1. The molecule has 1 saturated carbocycles. The number of rotatable bonds is 4. The van der Waals surface area contributed by atoms with Crippen molar-refractivity contribution < 1.29 is 0 Å². The number of nitrogens with zero attached hydrogens (tertiary/aromatic N) is 3. The summed E-state index contributed by atoms with van der Waals surface area (Å²) in [7, 11) is 0. The first-order valence-electron chi connectivity index (χ1n) is 7.87. The molecule has 0 amide bonds. The Balaban J connectivity index is 1.49. The smallest absolute Gasteiger partial charge is 0.159 e. The zero-order valence-corrected chi connectivity index (χ0v) is 12.1. The second-order valence-corrected chi connectivity index (χ2v) is 6.19. The van der Waals surface area contributed by atoms with E-state index in [1.807, 2.05) is 18.3 Å². The minimum absolute atomic E-state index is 0.744. The first-order chi connectivity index (χ1) is 10.4. The molecule has 2 aliphatic carbocycles. The van der Waals surface area contributed by atoms with Crippen LogP contribution in [0.5, 0.6) is 0 Å². The minimum Gasteiger partial charge on any atom is -0.314 e. The number of aromatic nitrogens is 3. The van der Waals surface area contributed by atoms with Crippen LogP contribution in [0.15, 0.2) is 30.7 Å². The quantitative estimate of drug-likeness (QED) is 0.934. The maximum Gasteiger partial charge on any atom is 0.159 e. The molecule has 4 rings (SSSR count). The van der Waals surface area contributed by atoms with Crippen LogP contribution >= 0.6 is 0 Å². The number of hydrogen-bond acceptors (Lipinski definition) is 4. The molecule has 4 nitrogen and oxygen atoms in total. The third kappa shape index (κ3) is 2.95. The molecule has 0 aromatic carbocycles. The first kappa shape index (κ1) is 12.9. The monoisotopic (exact) mass is 280 g/mol. The Hall–Kier alpha value is -1.81. The van der Waals surface area contributed by atoms with E-state index in [-0.39, 0.29) is 0 Å². The van der Waals surface area contributed by atoms with Gasteiger partial charge in [-0.05, 0) is 62.3 Å². The summed E-state index contributed by atoms with van der Waals surface area (Å²) < 4.78 is 0. The molecule has 2 aromatic heterocycles. The van der Waals surface area contributed by atoms with Gasteiger partial charge in [0.1, 0.15) is 0 Å². The maximum atomic E-state index is 4.77. The second-order valence-electron chi connectivity index (χ2n) is 6.19. The standard InChI is InChI=1S/C17H20N4/c1-4-16-14(9-12(1)10-19-15-2-3-15)11-20-17(21-16)13-5-7-18-8-6-13/h5-8,11-12,15,19H,1-4,9-10H2. The van der Waals surface area contributed by atoms with E-state index in [4.69, 9.17) is 4.98 Å². The Bertz CT molecular complexity index is 622. The summed E-state index contributed by atoms with van der Waals surface area (Å²) in [5.41, 5.74) is 3.62. The Morgan fingerprint density at radius 1 is 1.14 bits per heavy atom. The highest BCUT2D eigenvalue weighted by atomic mass is 14.9. The van der Waals surface area contributed by atoms with E-state index in [0.29, 0.717) is 0 Å². The normalized spacial score (nSPS) is 21.0. The lowest BCUT2D eigenvalue weighted by Gasteiger charge is -2.24. The van der Waals surface area contributed by atoms with Gasteiger partial charge in [-0.15, -0.1) is 0 Å². The van der Waals surface area contributed by atoms with Gasteiger partial charge >= 0.3 is 0 Å². The third-order valence-corrected chi connectivity index (χ3v) is 4.46. The molecule has 0 bridgehead atoms. The van der Waals surface area contributed by atoms with Crippen molar-refractivity contribution in [3.8, 4) is 11.4 Å². The van der Waals surface area contributed by atoms with Crippen LogP contribution < -0.4 is 5.32 Å². The molecule has 2 aromatic rings. The largest absolute Gasteiger partial charge is 0.314 e. The Morgan fingerprint density at radius 3 is 2.81 bits per heavy atom. The average molecular weight is 280 g/mol. The van der Waals surface area contributed by atoms with E-state index >= 15 is 0 Å². The van der Waals surface area contributed by atoms with E-state index in [0.717, 1.165) is 42.7 Å². The lowest BCUT2D eigenvalue weighted by atomic mass is 9.87. The van der Waals surface area contributed by atoms with Crippen LogP contribution in [0.2, 0.25) is 0 Å². The van der Waals surface area contributed by atoms with Gasteiger partial charge < -0.3 is 5.32 Å². The summed E-state index contributed by atoms with van der Waals surface area (Å²) in [6.45, 7) is 1.15. The zero-order chi connectivity index (χ0) is 14.1. The highest BCUT2D eigenvalue weighted by Crippen LogP contribution is 2.26. The lowest BCUT2D eigenvalue weighted by molar-refractivity contribution is 0.418. The molecule has 1 fully saturated rings. The van der Waals surface area contributed by atoms with Gasteiger partial charge in [0.2, 0.25) is 0 Å². The molecule has 1 unspecified atom stereocenters. The predicted octanol–water partition coefficient (Wildman–Crippen LogP) is 2.40. The summed E-state index contributed by atoms with van der Waals surface area (Å²) in [4.78, 5) is 13.4. The van der Waals surface area contributed by atoms with Crippen molar-refractivity contribution in [2.45, 2.75) is 38.1 Å². The molecule has 4 heteroatoms. The Labute approximate surface area is 125 Å². The van der Waals surface area contributed by atoms with E-state index in [2.05, 4.69) is 15.3 Å². The average Bonchev–Trinajstić information content (AvgIpc) is 3.37. The van der Waals surface area contributed by atoms with E-state index in [9.17, 15) is 0 Å². The molecule has 21 heavy (non-hydrogen) atoms. The van der Waals surface area contributed by atoms with E-state index < -0.39 is 0 Å². The number of nitrogens with one attached hydrogen (secondary N) is 1. The van der Waals surface area contributed by atoms with Crippen LogP contribution in [-0.2, 0) is 12.8 Å². The summed E-state index contributed by atoms with van der Waals surface area (Å²) in [5.74, 6) is 1.57. The minimum atomic E-state index is 0.744. The highest BCUT2D eigenvalue weighted by Gasteiger charge is 2.25. The highest BCUT2D eigenvalue weighted by molar-refractivity contribution is 5.54. The molecule has 0 aliphatic heterocycles. The molecule has 1 atom stereocenters. The van der Waals surface area contributed by atoms with Gasteiger partial charge in [0.15, 0.2) is 5.82 Å². The van der Waals surface area contributed by atoms with Gasteiger partial charge in [0, 0.05) is 35.9 Å². The van der Waals surface area contributed by atoms with Crippen molar-refractivity contribution in [3.63, 3.8) is 0 Å². The fourth-order valence-electron chi connectivity index (χ4n) is 3.02. The zero-order valence-electron chi connectivity index (χ0n) is 12.1. The van der Waals surface area contributed by atoms with Gasteiger partial charge in [-0.2, -0.15) is 0 Å². The molecule has 0 spiro atoms. The molecule has 0 saturated heterocycles. The summed E-state index contributed by atoms with van der Waals surface area (Å²) in [5, 5.41) is 3.65. The van der Waals surface area contributed by atoms with Gasteiger partial charge in [0.25, 0.3) is 0 Å². The number of hydrogen-bond donors (Lipinski definition) is 1. The van der Waals surface area contributed by atoms with Crippen molar-refractivity contribution in [2.24, 2.45) is 5.92 Å². The van der Waals surface area contributed by atoms with Crippen molar-refractivity contribution in [2.75, 3.05) is 6.54 Å². The molecule has 1 N–H and O–H groups in total. The summed E-state index contributed by atoms with van der Waals surface area (Å²) in [6.07, 6.45) is 11.8. The molecule has 2 heterocycles. The summed E-state index contributed by atoms with van der Waals surface area (Å²) >= 11 is 0. The van der Waals surface area contributed by atoms with Gasteiger partial charge in [0.05, 0.1) is 0 Å². The molecule has 0 radical (unpaired) electrons. The Kier molecular flexibility index (Phi) is 3.39. The van der Waals surface area contributed by atoms with Gasteiger partial charge in [-0.25, -0.2) is 9.97 Å². The number of aryl methyl sites for hydroxylation is 1. The Morgan fingerprint density at radius 2 is 2.00 bits per heavy atom. The van der Waals surface area contributed by atoms with Crippen molar-refractivity contribution >= 4 is 0 Å². The van der Waals surface area contributed by atoms with Gasteiger partial charge in [-0.1, -0.05) is 0 Å². The van der Waals surface area contributed by atoms with Crippen LogP contribution in [0.25, 0.3) is 11.4 Å². The molecular formula is C17H20N4. The predicted molar refractivity (Wildman–Crippen MR) is 81.8 cm³/mol. The third-order valence-electron chi connectivity index (χ3n) is 4.46. The molecule has 108 valence electrons. The van der Waals surface area contributed by atoms with Gasteiger partial charge in [-0.3, -0.25) is 4.98 Å². The van der Waals surface area contributed by atoms with Crippen molar-refractivity contribution in [1.29, 1.82) is 0 Å². The molecule has 2 aliphatic rings. The van der Waals surface area contributed by atoms with Crippen LogP contribution in [0.4, 0.5) is 0 Å². The SMILES string of the molecule is c1cc(-c2ncc3c(n2)CCC(CNC2CC2)C3)ccn1. The van der Waals surface area contributed by atoms with Crippen LogP contribution in [0.3, 0.4) is 0 Å². The van der Waals surface area contributed by atoms with E-state index in [1.54, 1.807) is 12.4 Å². The topological polar surface area (TPSA) is 50.7 Å². The maximum absolute atomic E-state index is 4.77. The van der Waals surface area contributed by atoms with Crippen LogP contribution in [0, 0.1) is 5.92 Å². The van der Waals surface area contributed by atoms with Crippen LogP contribution in [-0.4, -0.2) is 27.5 Å². The van der Waals surface area contributed by atoms with Crippen molar-refractivity contribution in [3.05, 3.63) is 42.0 Å². The summed E-state index contributed by atoms with van der Waals surface area (Å²) in [6, 6.07) is 4.73. The second kappa shape index (κ2) is 5.53. The number of pyridine rings is 1. The fraction of sp³-hybridized carbons (Fsp3) is 0.471. The first-order valence-corrected chi connectivity index (χ1v) is 7.87. The van der Waals surface area contributed by atoms with Crippen LogP contribution in [0.1, 0.15) is 30.5 Å². The lowest BCUT2D eigenvalue weighted by Crippen LogP contribution is -2.29. The molecular weight excluding hydrogens is 260 g/mol. The fourth-order valence-corrected chi connectivity index (χ4v) is 3.02. The van der Waals surface area contributed by atoms with E-state index in [1.165, 1.54) is 30.5 Å². The van der Waals surface area contributed by atoms with Crippen molar-refractivity contribution in [1.82, 2.24) is 20.3 Å².